The molecule has 4 N–H and O–H groups in total. The van der Waals surface area contributed by atoms with Crippen molar-refractivity contribution in [2.75, 3.05) is 24.7 Å². The number of nitrogens with two attached hydrogens (primary N) is 1. The third kappa shape index (κ3) is 4.46. The molecule has 1 fully saturated rings. The topological polar surface area (TPSA) is 166 Å². The lowest BCUT2D eigenvalue weighted by atomic mass is 9.64. The highest BCUT2D eigenvalue weighted by atomic mass is 16.5. The number of aldehydes is 1. The summed E-state index contributed by atoms with van der Waals surface area (Å²) >= 11 is 0. The minimum atomic E-state index is -0.316. The van der Waals surface area contributed by atoms with Crippen molar-refractivity contribution < 1.29 is 14.4 Å². The second-order valence-electron chi connectivity index (χ2n) is 7.60. The molecule has 0 aliphatic heterocycles. The number of hydrogen-bond acceptors (Lipinski definition) is 11. The van der Waals surface area contributed by atoms with E-state index >= 15 is 0 Å². The lowest BCUT2D eigenvalue weighted by molar-refractivity contribution is -0.106. The van der Waals surface area contributed by atoms with Crippen molar-refractivity contribution in [3.05, 3.63) is 60.4 Å². The number of aliphatic hydroxyl groups is 1. The van der Waals surface area contributed by atoms with Crippen molar-refractivity contribution in [2.24, 2.45) is 0 Å². The normalized spacial score (nSPS) is 13.8. The fourth-order valence-corrected chi connectivity index (χ4v) is 3.80. The highest BCUT2D eigenvalue weighted by molar-refractivity contribution is 5.60. The first-order valence-corrected chi connectivity index (χ1v) is 10.7. The number of aromatic nitrogens is 6. The molecule has 5 rings (SSSR count). The Kier molecular flexibility index (Phi) is 6.83. The van der Waals surface area contributed by atoms with Gasteiger partial charge in [0.1, 0.15) is 12.1 Å². The summed E-state index contributed by atoms with van der Waals surface area (Å²) in [6.45, 7) is 0.206. The van der Waals surface area contributed by atoms with Crippen molar-refractivity contribution in [1.82, 2.24) is 30.1 Å². The van der Waals surface area contributed by atoms with Crippen LogP contribution in [-0.4, -0.2) is 55.1 Å². The van der Waals surface area contributed by atoms with Crippen LogP contribution in [0.25, 0.3) is 22.7 Å². The molecular formula is C23H24N8O3. The number of pyridine rings is 2. The minimum Gasteiger partial charge on any atom is -0.400 e. The van der Waals surface area contributed by atoms with Gasteiger partial charge in [0.2, 0.25) is 5.95 Å². The van der Waals surface area contributed by atoms with E-state index in [0.717, 1.165) is 49.5 Å². The third-order valence-electron chi connectivity index (χ3n) is 5.72. The Hall–Kier alpha value is -4.25. The molecule has 4 aromatic rings. The smallest absolute Gasteiger partial charge is 0.259 e. The van der Waals surface area contributed by atoms with Crippen LogP contribution in [0, 0.1) is 0 Å². The van der Waals surface area contributed by atoms with Crippen LogP contribution in [0.1, 0.15) is 30.7 Å². The predicted octanol–water partition coefficient (Wildman–Crippen LogP) is 2.26. The highest BCUT2D eigenvalue weighted by Crippen LogP contribution is 2.48. The number of nitrogen functional groups attached to an aromatic ring is 1. The maximum absolute atomic E-state index is 10.5. The van der Waals surface area contributed by atoms with Crippen molar-refractivity contribution >= 4 is 18.1 Å². The Morgan fingerprint density at radius 3 is 2.38 bits per heavy atom. The second-order valence-corrected chi connectivity index (χ2v) is 7.60. The summed E-state index contributed by atoms with van der Waals surface area (Å²) in [4.78, 5) is 32.1. The van der Waals surface area contributed by atoms with E-state index in [0.29, 0.717) is 23.1 Å². The molecule has 11 heteroatoms. The molecule has 34 heavy (non-hydrogen) atoms. The van der Waals surface area contributed by atoms with E-state index in [1.165, 1.54) is 0 Å². The maximum atomic E-state index is 10.5. The average molecular weight is 460 g/mol. The highest BCUT2D eigenvalue weighted by Gasteiger charge is 2.44. The van der Waals surface area contributed by atoms with Crippen LogP contribution in [0.5, 0.6) is 0 Å². The third-order valence-corrected chi connectivity index (χ3v) is 5.72. The number of nitrogens with zero attached hydrogens (tertiary/aromatic N) is 6. The van der Waals surface area contributed by atoms with Crippen LogP contribution >= 0.6 is 0 Å². The molecule has 174 valence electrons. The minimum absolute atomic E-state index is 0.206. The molecule has 1 aliphatic carbocycles. The summed E-state index contributed by atoms with van der Waals surface area (Å²) in [5, 5.41) is 14.2. The molecule has 4 aromatic heterocycles. The molecule has 0 aromatic carbocycles. The van der Waals surface area contributed by atoms with Gasteiger partial charge >= 0.3 is 0 Å². The molecule has 1 saturated carbocycles. The van der Waals surface area contributed by atoms with Crippen LogP contribution in [0.2, 0.25) is 0 Å². The average Bonchev–Trinajstić information content (AvgIpc) is 3.35. The summed E-state index contributed by atoms with van der Waals surface area (Å²) in [6.07, 6.45) is 10.5. The maximum Gasteiger partial charge on any atom is 0.259 e. The van der Waals surface area contributed by atoms with Crippen molar-refractivity contribution in [2.45, 2.75) is 24.7 Å². The number of hydrogen-bond donors (Lipinski definition) is 3. The molecule has 0 spiro atoms. The standard InChI is InChI=1S/C22H20N8O2.CH4O/c23-21-27-11-15(12-28-21)17-4-3-16(13-25-17)22(6-1-7-22)20-29-19(32-30-20)14-2-5-18(26-10-14)24-8-9-31;1-2/h2-5,9-13H,1,6-8H2,(H,24,26)(H2,23,27,28);2H,1H3. The van der Waals surface area contributed by atoms with Crippen LogP contribution in [-0.2, 0) is 10.2 Å². The van der Waals surface area contributed by atoms with Gasteiger partial charge in [-0.3, -0.25) is 4.98 Å². The molecule has 0 saturated heterocycles. The molecule has 0 radical (unpaired) electrons. The lowest BCUT2D eigenvalue weighted by Crippen LogP contribution is -2.36. The van der Waals surface area contributed by atoms with E-state index < -0.39 is 0 Å². The number of nitrogens with one attached hydrogen (secondary N) is 1. The van der Waals surface area contributed by atoms with Gasteiger partial charge in [-0.25, -0.2) is 15.0 Å². The van der Waals surface area contributed by atoms with Crippen LogP contribution < -0.4 is 11.1 Å². The summed E-state index contributed by atoms with van der Waals surface area (Å²) in [7, 11) is 1.00. The zero-order valence-corrected chi connectivity index (χ0v) is 18.5. The van der Waals surface area contributed by atoms with E-state index in [2.05, 4.69) is 35.4 Å². The van der Waals surface area contributed by atoms with Crippen molar-refractivity contribution in [1.29, 1.82) is 0 Å². The van der Waals surface area contributed by atoms with Gasteiger partial charge in [-0.1, -0.05) is 17.6 Å². The Morgan fingerprint density at radius 2 is 1.79 bits per heavy atom. The zero-order chi connectivity index (χ0) is 24.0. The lowest BCUT2D eigenvalue weighted by Gasteiger charge is -2.39. The molecule has 0 unspecified atom stereocenters. The van der Waals surface area contributed by atoms with Gasteiger partial charge in [-0.05, 0) is 36.6 Å². The SMILES string of the molecule is CO.Nc1ncc(-c2ccc(C3(c4noc(-c5ccc(NCC=O)nc5)n4)CCC3)cn2)cn1. The Balaban J connectivity index is 0.00000133. The van der Waals surface area contributed by atoms with Crippen LogP contribution in [0.3, 0.4) is 0 Å². The first-order valence-electron chi connectivity index (χ1n) is 10.7. The van der Waals surface area contributed by atoms with Gasteiger partial charge in [0, 0.05) is 37.5 Å². The Morgan fingerprint density at radius 1 is 1.03 bits per heavy atom. The van der Waals surface area contributed by atoms with Crippen LogP contribution in [0.4, 0.5) is 11.8 Å². The van der Waals surface area contributed by atoms with Gasteiger partial charge < -0.3 is 25.5 Å². The quantitative estimate of drug-likeness (QED) is 0.346. The fourth-order valence-electron chi connectivity index (χ4n) is 3.80. The summed E-state index contributed by atoms with van der Waals surface area (Å²) in [6, 6.07) is 7.59. The number of rotatable bonds is 7. The Bertz CT molecular complexity index is 1220. The van der Waals surface area contributed by atoms with E-state index in [1.807, 2.05) is 24.4 Å². The van der Waals surface area contributed by atoms with Crippen molar-refractivity contribution in [3.8, 4) is 22.7 Å². The van der Waals surface area contributed by atoms with E-state index in [-0.39, 0.29) is 17.9 Å². The molecule has 1 aliphatic rings. The summed E-state index contributed by atoms with van der Waals surface area (Å²) < 4.78 is 5.55. The van der Waals surface area contributed by atoms with Gasteiger partial charge in [-0.15, -0.1) is 0 Å². The largest absolute Gasteiger partial charge is 0.400 e. The monoisotopic (exact) mass is 460 g/mol. The van der Waals surface area contributed by atoms with Crippen LogP contribution in [0.15, 0.2) is 53.6 Å². The van der Waals surface area contributed by atoms with Gasteiger partial charge in [0.05, 0.1) is 23.2 Å². The molecule has 0 atom stereocenters. The van der Waals surface area contributed by atoms with E-state index in [4.69, 9.17) is 15.4 Å². The van der Waals surface area contributed by atoms with Gasteiger partial charge in [-0.2, -0.15) is 4.98 Å². The molecule has 4 heterocycles. The second kappa shape index (κ2) is 10.1. The predicted molar refractivity (Wildman–Crippen MR) is 125 cm³/mol. The first-order chi connectivity index (χ1) is 16.7. The fraction of sp³-hybridized carbons (Fsp3) is 0.261. The van der Waals surface area contributed by atoms with Gasteiger partial charge in [0.25, 0.3) is 5.89 Å². The summed E-state index contributed by atoms with van der Waals surface area (Å²) in [5.74, 6) is 1.89. The number of carbonyl (C=O) groups excluding carboxylic acids is 1. The first kappa shape index (κ1) is 22.9. The Labute approximate surface area is 195 Å². The zero-order valence-electron chi connectivity index (χ0n) is 18.5. The summed E-state index contributed by atoms with van der Waals surface area (Å²) in [5.41, 5.74) is 8.57. The van der Waals surface area contributed by atoms with Gasteiger partial charge in [0.15, 0.2) is 5.82 Å². The number of carbonyl (C=O) groups is 1. The van der Waals surface area contributed by atoms with Crippen molar-refractivity contribution in [3.63, 3.8) is 0 Å². The van der Waals surface area contributed by atoms with E-state index in [1.54, 1.807) is 24.7 Å². The molecule has 11 nitrogen and oxygen atoms in total. The number of aliphatic hydroxyl groups excluding tert-OH is 1. The molecule has 0 amide bonds. The van der Waals surface area contributed by atoms with E-state index in [9.17, 15) is 4.79 Å². The number of anilines is 2. The molecular weight excluding hydrogens is 436 g/mol. The molecule has 0 bridgehead atoms.